The van der Waals surface area contributed by atoms with Gasteiger partial charge in [-0.05, 0) is 66.7 Å². The molecule has 0 saturated carbocycles. The number of aryl methyl sites for hydroxylation is 1. The molecule has 0 bridgehead atoms. The minimum atomic E-state index is -0.948. The number of likely N-dealkylation sites (tertiary alicyclic amines) is 1. The number of fused-ring (bicyclic) bond motifs is 2. The van der Waals surface area contributed by atoms with E-state index in [1.165, 1.54) is 22.8 Å². The minimum absolute atomic E-state index is 0.107. The fraction of sp³-hybridized carbons (Fsp3) is 0.323. The van der Waals surface area contributed by atoms with Gasteiger partial charge < -0.3 is 14.6 Å². The fourth-order valence-electron chi connectivity index (χ4n) is 5.47. The summed E-state index contributed by atoms with van der Waals surface area (Å²) in [6.45, 7) is 3.19. The van der Waals surface area contributed by atoms with E-state index in [0.29, 0.717) is 11.3 Å². The largest absolute Gasteiger partial charge is 0.496 e. The van der Waals surface area contributed by atoms with E-state index in [1.807, 2.05) is 6.07 Å². The summed E-state index contributed by atoms with van der Waals surface area (Å²) in [4.78, 5) is 13.2. The van der Waals surface area contributed by atoms with Crippen LogP contribution in [-0.4, -0.2) is 36.2 Å². The number of rotatable bonds is 9. The molecule has 2 aliphatic rings. The van der Waals surface area contributed by atoms with Crippen LogP contribution in [0.5, 0.6) is 11.5 Å². The van der Waals surface area contributed by atoms with Crippen LogP contribution in [0.1, 0.15) is 47.1 Å². The number of piperidine rings is 1. The second-order valence-corrected chi connectivity index (χ2v) is 9.93. The third-order valence-electron chi connectivity index (χ3n) is 7.61. The first-order valence-corrected chi connectivity index (χ1v) is 12.8. The molecule has 5 nitrogen and oxygen atoms in total. The monoisotopic (exact) mass is 501 g/mol. The van der Waals surface area contributed by atoms with E-state index in [0.717, 1.165) is 43.8 Å². The molecule has 0 atom stereocenters. The summed E-state index contributed by atoms with van der Waals surface area (Å²) < 4.78 is 25.8. The van der Waals surface area contributed by atoms with Crippen molar-refractivity contribution in [2.75, 3.05) is 20.2 Å². The molecule has 1 N–H and O–H groups in total. The Labute approximate surface area is 217 Å². The predicted octanol–water partition coefficient (Wildman–Crippen LogP) is 5.99. The molecule has 1 fully saturated rings. The van der Waals surface area contributed by atoms with Gasteiger partial charge >= 0.3 is 5.97 Å². The molecule has 3 aromatic rings. The number of aliphatic carboxylic acids is 1. The van der Waals surface area contributed by atoms with Gasteiger partial charge in [0.2, 0.25) is 0 Å². The maximum Gasteiger partial charge on any atom is 0.303 e. The molecule has 0 unspecified atom stereocenters. The summed E-state index contributed by atoms with van der Waals surface area (Å²) in [5.74, 6) is -0.262. The first-order chi connectivity index (χ1) is 18.0. The number of benzene rings is 3. The van der Waals surface area contributed by atoms with E-state index in [2.05, 4.69) is 53.5 Å². The number of allylic oxidation sites excluding steroid dienone is 1. The number of halogens is 1. The van der Waals surface area contributed by atoms with Gasteiger partial charge in [-0.1, -0.05) is 54.6 Å². The Bertz CT molecular complexity index is 1310. The van der Waals surface area contributed by atoms with Crippen LogP contribution < -0.4 is 9.47 Å². The van der Waals surface area contributed by atoms with E-state index >= 15 is 0 Å². The predicted molar refractivity (Wildman–Crippen MR) is 141 cm³/mol. The van der Waals surface area contributed by atoms with Crippen molar-refractivity contribution in [1.29, 1.82) is 0 Å². The van der Waals surface area contributed by atoms with Crippen LogP contribution in [0.15, 0.2) is 66.7 Å². The van der Waals surface area contributed by atoms with Gasteiger partial charge in [0.15, 0.2) is 0 Å². The number of hydrogen-bond donors (Lipinski definition) is 1. The summed E-state index contributed by atoms with van der Waals surface area (Å²) in [6, 6.07) is 19.5. The molecule has 3 aromatic carbocycles. The van der Waals surface area contributed by atoms with Crippen molar-refractivity contribution in [3.05, 3.63) is 100 Å². The van der Waals surface area contributed by atoms with Crippen molar-refractivity contribution >= 4 is 12.0 Å². The van der Waals surface area contributed by atoms with Crippen LogP contribution >= 0.6 is 0 Å². The zero-order valence-electron chi connectivity index (χ0n) is 21.1. The molecule has 37 heavy (non-hydrogen) atoms. The quantitative estimate of drug-likeness (QED) is 0.390. The smallest absolute Gasteiger partial charge is 0.303 e. The Morgan fingerprint density at radius 3 is 2.59 bits per heavy atom. The molecule has 1 aliphatic heterocycles. The summed E-state index contributed by atoms with van der Waals surface area (Å²) in [7, 11) is 1.65. The maximum atomic E-state index is 14.3. The van der Waals surface area contributed by atoms with E-state index in [-0.39, 0.29) is 24.9 Å². The summed E-state index contributed by atoms with van der Waals surface area (Å²) in [5, 5.41) is 8.80. The van der Waals surface area contributed by atoms with E-state index in [4.69, 9.17) is 14.6 Å². The first-order valence-electron chi connectivity index (χ1n) is 12.8. The molecule has 0 radical (unpaired) electrons. The Morgan fingerprint density at radius 2 is 1.84 bits per heavy atom. The van der Waals surface area contributed by atoms with Crippen LogP contribution in [-0.2, 0) is 29.8 Å². The standard InChI is InChI=1S/C31H32FNO4/c1-36-29-18-22(20-33-16-14-31(15-17-33)13-12-23-4-2-3-5-27(23)31)6-7-25(29)21-37-26-10-8-24(28(32)19-26)9-11-30(34)35/h2-8,10,12-13,18-19H,9,11,14-17,20-21H2,1H3,(H,34,35). The third kappa shape index (κ3) is 5.54. The average Bonchev–Trinajstić information content (AvgIpc) is 3.26. The number of methoxy groups -OCH3 is 1. The highest BCUT2D eigenvalue weighted by atomic mass is 19.1. The zero-order valence-corrected chi connectivity index (χ0v) is 21.1. The number of hydrogen-bond acceptors (Lipinski definition) is 4. The molecular weight excluding hydrogens is 469 g/mol. The highest BCUT2D eigenvalue weighted by Crippen LogP contribution is 2.43. The van der Waals surface area contributed by atoms with Crippen LogP contribution in [0.25, 0.3) is 6.08 Å². The highest BCUT2D eigenvalue weighted by Gasteiger charge is 2.37. The van der Waals surface area contributed by atoms with Gasteiger partial charge in [-0.3, -0.25) is 9.69 Å². The molecule has 192 valence electrons. The molecule has 6 heteroatoms. The van der Waals surface area contributed by atoms with Crippen LogP contribution in [0.3, 0.4) is 0 Å². The van der Waals surface area contributed by atoms with Gasteiger partial charge in [0.25, 0.3) is 0 Å². The highest BCUT2D eigenvalue weighted by molar-refractivity contribution is 5.67. The first kappa shape index (κ1) is 25.0. The van der Waals surface area contributed by atoms with Gasteiger partial charge in [0.1, 0.15) is 23.9 Å². The number of nitrogens with zero attached hydrogens (tertiary/aromatic N) is 1. The Hall–Kier alpha value is -3.64. The Morgan fingerprint density at radius 1 is 1.05 bits per heavy atom. The Balaban J connectivity index is 1.18. The van der Waals surface area contributed by atoms with Crippen molar-refractivity contribution in [3.8, 4) is 11.5 Å². The van der Waals surface area contributed by atoms with E-state index in [9.17, 15) is 9.18 Å². The van der Waals surface area contributed by atoms with Crippen LogP contribution in [0, 0.1) is 5.82 Å². The van der Waals surface area contributed by atoms with Crippen molar-refractivity contribution in [2.24, 2.45) is 0 Å². The van der Waals surface area contributed by atoms with Crippen molar-refractivity contribution < 1.29 is 23.8 Å². The fourth-order valence-corrected chi connectivity index (χ4v) is 5.47. The second kappa shape index (κ2) is 10.8. The van der Waals surface area contributed by atoms with Gasteiger partial charge in [0.05, 0.1) is 7.11 Å². The number of carbonyl (C=O) groups is 1. The van der Waals surface area contributed by atoms with Crippen LogP contribution in [0.2, 0.25) is 0 Å². The molecule has 1 aliphatic carbocycles. The van der Waals surface area contributed by atoms with Gasteiger partial charge in [-0.2, -0.15) is 0 Å². The number of ether oxygens (including phenoxy) is 2. The number of carboxylic acids is 1. The van der Waals surface area contributed by atoms with Gasteiger partial charge in [-0.25, -0.2) is 4.39 Å². The topological polar surface area (TPSA) is 59.0 Å². The molecule has 0 aromatic heterocycles. The molecule has 1 saturated heterocycles. The van der Waals surface area contributed by atoms with Crippen molar-refractivity contribution in [2.45, 2.75) is 44.2 Å². The second-order valence-electron chi connectivity index (χ2n) is 9.93. The lowest BCUT2D eigenvalue weighted by Crippen LogP contribution is -2.40. The molecule has 1 spiro atoms. The summed E-state index contributed by atoms with van der Waals surface area (Å²) in [5.41, 5.74) is 5.44. The molecule has 0 amide bonds. The van der Waals surface area contributed by atoms with Gasteiger partial charge in [-0.15, -0.1) is 0 Å². The average molecular weight is 502 g/mol. The van der Waals surface area contributed by atoms with E-state index in [1.54, 1.807) is 19.2 Å². The normalized spacial score (nSPS) is 16.1. The lowest BCUT2D eigenvalue weighted by atomic mass is 9.74. The summed E-state index contributed by atoms with van der Waals surface area (Å²) in [6.07, 6.45) is 6.97. The molecular formula is C31H32FNO4. The lowest BCUT2D eigenvalue weighted by molar-refractivity contribution is -0.136. The lowest BCUT2D eigenvalue weighted by Gasteiger charge is -2.39. The SMILES string of the molecule is COc1cc(CN2CCC3(C=Cc4ccccc43)CC2)ccc1COc1ccc(CCC(=O)O)c(F)c1. The van der Waals surface area contributed by atoms with Crippen molar-refractivity contribution in [1.82, 2.24) is 4.90 Å². The van der Waals surface area contributed by atoms with Crippen LogP contribution in [0.4, 0.5) is 4.39 Å². The van der Waals surface area contributed by atoms with Crippen molar-refractivity contribution in [3.63, 3.8) is 0 Å². The minimum Gasteiger partial charge on any atom is -0.496 e. The third-order valence-corrected chi connectivity index (χ3v) is 7.61. The molecule has 1 heterocycles. The van der Waals surface area contributed by atoms with Gasteiger partial charge in [0, 0.05) is 30.0 Å². The zero-order chi connectivity index (χ0) is 25.8. The maximum absolute atomic E-state index is 14.3. The summed E-state index contributed by atoms with van der Waals surface area (Å²) >= 11 is 0. The number of carboxylic acid groups (broad SMARTS) is 1. The van der Waals surface area contributed by atoms with E-state index < -0.39 is 11.8 Å². The Kier molecular flexibility index (Phi) is 7.28. The molecule has 5 rings (SSSR count).